The van der Waals surface area contributed by atoms with Gasteiger partial charge in [-0.1, -0.05) is 39.8 Å². The molecule has 0 spiro atoms. The molecule has 0 heterocycles. The number of benzene rings is 2. The van der Waals surface area contributed by atoms with Crippen molar-refractivity contribution in [1.29, 1.82) is 0 Å². The highest BCUT2D eigenvalue weighted by Crippen LogP contribution is 2.25. The highest BCUT2D eigenvalue weighted by molar-refractivity contribution is 6.05. The molecule has 0 saturated heterocycles. The van der Waals surface area contributed by atoms with Gasteiger partial charge in [0.05, 0.1) is 18.9 Å². The molecule has 0 aliphatic heterocycles. The minimum absolute atomic E-state index is 0.170. The van der Waals surface area contributed by atoms with Gasteiger partial charge in [0.1, 0.15) is 11.5 Å². The van der Waals surface area contributed by atoms with Gasteiger partial charge < -0.3 is 14.8 Å². The van der Waals surface area contributed by atoms with Gasteiger partial charge in [-0.15, -0.1) is 0 Å². The molecule has 0 bridgehead atoms. The van der Waals surface area contributed by atoms with E-state index in [4.69, 9.17) is 9.47 Å². The molecular formula is C21H27NO3. The van der Waals surface area contributed by atoms with Gasteiger partial charge in [0.25, 0.3) is 5.91 Å². The maximum atomic E-state index is 12.5. The smallest absolute Gasteiger partial charge is 0.255 e. The van der Waals surface area contributed by atoms with Crippen molar-refractivity contribution < 1.29 is 14.3 Å². The Morgan fingerprint density at radius 3 is 2.12 bits per heavy atom. The number of carbonyl (C=O) groups excluding carboxylic acids is 1. The van der Waals surface area contributed by atoms with Crippen LogP contribution < -0.4 is 14.8 Å². The van der Waals surface area contributed by atoms with Gasteiger partial charge in [-0.2, -0.15) is 0 Å². The molecule has 0 atom stereocenters. The summed E-state index contributed by atoms with van der Waals surface area (Å²) in [6.45, 7) is 9.64. The normalized spacial score (nSPS) is 10.8. The van der Waals surface area contributed by atoms with E-state index in [1.807, 2.05) is 36.4 Å². The predicted octanol–water partition coefficient (Wildman–Crippen LogP) is 5.01. The highest BCUT2D eigenvalue weighted by Gasteiger charge is 2.10. The van der Waals surface area contributed by atoms with Crippen molar-refractivity contribution in [2.24, 2.45) is 11.8 Å². The number of para-hydroxylation sites is 2. The number of hydrogen-bond donors (Lipinski definition) is 1. The summed E-state index contributed by atoms with van der Waals surface area (Å²) >= 11 is 0. The predicted molar refractivity (Wildman–Crippen MR) is 102 cm³/mol. The van der Waals surface area contributed by atoms with Gasteiger partial charge >= 0.3 is 0 Å². The molecular weight excluding hydrogens is 314 g/mol. The SMILES string of the molecule is CC(C)COc1ccc(C(=O)Nc2ccccc2OCC(C)C)cc1. The van der Waals surface area contributed by atoms with Crippen molar-refractivity contribution in [3.05, 3.63) is 54.1 Å². The number of ether oxygens (including phenoxy) is 2. The largest absolute Gasteiger partial charge is 0.493 e. The fourth-order valence-corrected chi connectivity index (χ4v) is 2.11. The van der Waals surface area contributed by atoms with Crippen LogP contribution in [-0.4, -0.2) is 19.1 Å². The molecule has 25 heavy (non-hydrogen) atoms. The van der Waals surface area contributed by atoms with Crippen LogP contribution in [0.15, 0.2) is 48.5 Å². The van der Waals surface area contributed by atoms with Crippen LogP contribution in [0.5, 0.6) is 11.5 Å². The first-order valence-corrected chi connectivity index (χ1v) is 8.71. The van der Waals surface area contributed by atoms with E-state index in [2.05, 4.69) is 33.0 Å². The summed E-state index contributed by atoms with van der Waals surface area (Å²) in [7, 11) is 0. The van der Waals surface area contributed by atoms with Gasteiger partial charge in [-0.25, -0.2) is 0 Å². The Hall–Kier alpha value is -2.49. The van der Waals surface area contributed by atoms with E-state index in [1.165, 1.54) is 0 Å². The fourth-order valence-electron chi connectivity index (χ4n) is 2.11. The second-order valence-corrected chi connectivity index (χ2v) is 6.88. The lowest BCUT2D eigenvalue weighted by Crippen LogP contribution is -2.14. The summed E-state index contributed by atoms with van der Waals surface area (Å²) < 4.78 is 11.4. The molecule has 0 fully saturated rings. The molecule has 1 N–H and O–H groups in total. The minimum Gasteiger partial charge on any atom is -0.493 e. The number of rotatable bonds is 8. The van der Waals surface area contributed by atoms with Crippen LogP contribution in [0.1, 0.15) is 38.1 Å². The zero-order valence-corrected chi connectivity index (χ0v) is 15.4. The lowest BCUT2D eigenvalue weighted by atomic mass is 10.2. The Balaban J connectivity index is 2.02. The molecule has 2 aromatic carbocycles. The number of nitrogens with one attached hydrogen (secondary N) is 1. The van der Waals surface area contributed by atoms with Crippen LogP contribution >= 0.6 is 0 Å². The first-order chi connectivity index (χ1) is 12.0. The molecule has 2 rings (SSSR count). The maximum absolute atomic E-state index is 12.5. The number of amides is 1. The van der Waals surface area contributed by atoms with Crippen molar-refractivity contribution in [2.45, 2.75) is 27.7 Å². The second-order valence-electron chi connectivity index (χ2n) is 6.88. The summed E-state index contributed by atoms with van der Waals surface area (Å²) in [6.07, 6.45) is 0. The summed E-state index contributed by atoms with van der Waals surface area (Å²) in [6, 6.07) is 14.6. The molecule has 0 aliphatic carbocycles. The Labute approximate surface area is 150 Å². The first kappa shape index (κ1) is 18.8. The maximum Gasteiger partial charge on any atom is 0.255 e. The Bertz CT molecular complexity index is 678. The topological polar surface area (TPSA) is 47.6 Å². The molecule has 0 aromatic heterocycles. The highest BCUT2D eigenvalue weighted by atomic mass is 16.5. The fraction of sp³-hybridized carbons (Fsp3) is 0.381. The molecule has 2 aromatic rings. The molecule has 0 radical (unpaired) electrons. The van der Waals surface area contributed by atoms with Crippen LogP contribution in [0.3, 0.4) is 0 Å². The molecule has 0 aliphatic rings. The average Bonchev–Trinajstić information content (AvgIpc) is 2.59. The van der Waals surface area contributed by atoms with E-state index in [9.17, 15) is 4.79 Å². The van der Waals surface area contributed by atoms with Crippen LogP contribution in [0, 0.1) is 11.8 Å². The summed E-state index contributed by atoms with van der Waals surface area (Å²) in [5.41, 5.74) is 1.25. The van der Waals surface area contributed by atoms with Crippen LogP contribution in [0.2, 0.25) is 0 Å². The van der Waals surface area contributed by atoms with E-state index >= 15 is 0 Å². The minimum atomic E-state index is -0.170. The monoisotopic (exact) mass is 341 g/mol. The zero-order chi connectivity index (χ0) is 18.2. The van der Waals surface area contributed by atoms with E-state index < -0.39 is 0 Å². The van der Waals surface area contributed by atoms with Crippen molar-refractivity contribution in [3.8, 4) is 11.5 Å². The van der Waals surface area contributed by atoms with Crippen molar-refractivity contribution in [3.63, 3.8) is 0 Å². The van der Waals surface area contributed by atoms with Gasteiger partial charge in [0.15, 0.2) is 0 Å². The molecule has 4 nitrogen and oxygen atoms in total. The molecule has 0 unspecified atom stereocenters. The van der Waals surface area contributed by atoms with Crippen molar-refractivity contribution >= 4 is 11.6 Å². The summed E-state index contributed by atoms with van der Waals surface area (Å²) in [4.78, 5) is 12.5. The van der Waals surface area contributed by atoms with E-state index in [1.54, 1.807) is 12.1 Å². The lowest BCUT2D eigenvalue weighted by molar-refractivity contribution is 0.102. The van der Waals surface area contributed by atoms with Gasteiger partial charge in [-0.3, -0.25) is 4.79 Å². The third kappa shape index (κ3) is 6.14. The van der Waals surface area contributed by atoms with Crippen LogP contribution in [0.25, 0.3) is 0 Å². The first-order valence-electron chi connectivity index (χ1n) is 8.71. The Morgan fingerprint density at radius 2 is 1.48 bits per heavy atom. The second kappa shape index (κ2) is 9.11. The molecule has 1 amide bonds. The van der Waals surface area contributed by atoms with Crippen molar-refractivity contribution in [2.75, 3.05) is 18.5 Å². The van der Waals surface area contributed by atoms with E-state index in [0.29, 0.717) is 42.0 Å². The van der Waals surface area contributed by atoms with Gasteiger partial charge in [0, 0.05) is 5.56 Å². The standard InChI is InChI=1S/C21H27NO3/c1-15(2)13-24-18-11-9-17(10-12-18)21(23)22-19-7-5-6-8-20(19)25-14-16(3)4/h5-12,15-16H,13-14H2,1-4H3,(H,22,23). The van der Waals surface area contributed by atoms with E-state index in [0.717, 1.165) is 5.75 Å². The Morgan fingerprint density at radius 1 is 0.880 bits per heavy atom. The summed E-state index contributed by atoms with van der Waals surface area (Å²) in [5.74, 6) is 2.16. The number of anilines is 1. The van der Waals surface area contributed by atoms with Gasteiger partial charge in [0.2, 0.25) is 0 Å². The van der Waals surface area contributed by atoms with Crippen LogP contribution in [0.4, 0.5) is 5.69 Å². The average molecular weight is 341 g/mol. The lowest BCUT2D eigenvalue weighted by Gasteiger charge is -2.14. The molecule has 134 valence electrons. The summed E-state index contributed by atoms with van der Waals surface area (Å²) in [5, 5.41) is 2.92. The Kier molecular flexibility index (Phi) is 6.87. The number of carbonyl (C=O) groups is 1. The number of hydrogen-bond acceptors (Lipinski definition) is 3. The van der Waals surface area contributed by atoms with Crippen molar-refractivity contribution in [1.82, 2.24) is 0 Å². The quantitative estimate of drug-likeness (QED) is 0.734. The third-order valence-corrected chi connectivity index (χ3v) is 3.41. The molecule has 0 saturated carbocycles. The third-order valence-electron chi connectivity index (χ3n) is 3.41. The molecule has 4 heteroatoms. The van der Waals surface area contributed by atoms with E-state index in [-0.39, 0.29) is 5.91 Å². The van der Waals surface area contributed by atoms with Crippen LogP contribution in [-0.2, 0) is 0 Å². The zero-order valence-electron chi connectivity index (χ0n) is 15.4. The van der Waals surface area contributed by atoms with Gasteiger partial charge in [-0.05, 0) is 48.2 Å².